The smallest absolute Gasteiger partial charge is 0.870 e. The van der Waals surface area contributed by atoms with E-state index in [9.17, 15) is 14.4 Å². The number of likely N-dealkylation sites (tertiary alicyclic amines) is 1. The molecule has 7 fully saturated rings. The molecule has 0 aromatic carbocycles. The maximum absolute atomic E-state index is 15.0. The maximum atomic E-state index is 15.0. The summed E-state index contributed by atoms with van der Waals surface area (Å²) in [6, 6.07) is 0.0279. The quantitative estimate of drug-likeness (QED) is 0.138. The molecule has 2 amide bonds. The predicted octanol–water partition coefficient (Wildman–Crippen LogP) is 6.06. The molecule has 9 heteroatoms. The SMILES string of the molecule is C=C(C)[C@@H]1CC[C@]2(C(=O)NC3C[C@H](C(=O)N4CCCC4)C3(C)C)CC[C@@]3(C)C4CC[C@H]5C(C)(C)[C@@H](OC(=O)CC(C)(C)[C-]=O)CC[C@]5(C)[C@H]4CC[C@]3(C)C12.[K+].[OH-]. The fourth-order valence-electron chi connectivity index (χ4n) is 15.3. The van der Waals surface area contributed by atoms with E-state index in [1.807, 2.05) is 6.29 Å². The number of nitrogens with zero attached hydrogens (tertiary/aromatic N) is 1. The van der Waals surface area contributed by atoms with Crippen molar-refractivity contribution in [1.29, 1.82) is 0 Å². The van der Waals surface area contributed by atoms with E-state index in [2.05, 4.69) is 72.2 Å². The van der Waals surface area contributed by atoms with E-state index >= 15 is 4.79 Å². The van der Waals surface area contributed by atoms with E-state index in [4.69, 9.17) is 4.74 Å². The van der Waals surface area contributed by atoms with Gasteiger partial charge >= 0.3 is 57.4 Å². The van der Waals surface area contributed by atoms with Crippen LogP contribution in [0.5, 0.6) is 0 Å². The molecule has 8 nitrogen and oxygen atoms in total. The van der Waals surface area contributed by atoms with Crippen LogP contribution < -0.4 is 56.7 Å². The Morgan fingerprint density at radius 1 is 0.839 bits per heavy atom. The molecule has 0 aromatic heterocycles. The topological polar surface area (TPSA) is 123 Å². The van der Waals surface area contributed by atoms with Crippen molar-refractivity contribution in [3.05, 3.63) is 12.2 Å². The Morgan fingerprint density at radius 2 is 1.50 bits per heavy atom. The van der Waals surface area contributed by atoms with Gasteiger partial charge in [-0.1, -0.05) is 74.5 Å². The molecule has 3 unspecified atom stereocenters. The molecule has 0 radical (unpaired) electrons. The molecule has 7 rings (SSSR count). The van der Waals surface area contributed by atoms with Crippen molar-refractivity contribution < 1.29 is 80.8 Å². The van der Waals surface area contributed by atoms with Crippen LogP contribution in [0, 0.1) is 73.4 Å². The minimum absolute atomic E-state index is 0. The van der Waals surface area contributed by atoms with Gasteiger partial charge in [-0.15, -0.1) is 5.41 Å². The molecule has 2 N–H and O–H groups in total. The normalized spacial score (nSPS) is 43.1. The van der Waals surface area contributed by atoms with Gasteiger partial charge in [-0.05, 0) is 142 Å². The van der Waals surface area contributed by atoms with Gasteiger partial charge in [0.2, 0.25) is 11.8 Å². The first-order valence-electron chi connectivity index (χ1n) is 21.9. The zero-order valence-electron chi connectivity index (χ0n) is 37.1. The predicted molar refractivity (Wildman–Crippen MR) is 215 cm³/mol. The molecule has 6 aliphatic carbocycles. The zero-order chi connectivity index (χ0) is 39.4. The number of allylic oxidation sites excluding steroid dienone is 1. The van der Waals surface area contributed by atoms with E-state index in [0.29, 0.717) is 29.6 Å². The fraction of sp³-hybridized carbons (Fsp3) is 0.872. The Hall–Kier alpha value is -0.584. The fourth-order valence-corrected chi connectivity index (χ4v) is 15.3. The molecule has 6 saturated carbocycles. The van der Waals surface area contributed by atoms with Gasteiger partial charge in [0.05, 0.1) is 5.41 Å². The summed E-state index contributed by atoms with van der Waals surface area (Å²) >= 11 is 0. The Labute approximate surface area is 381 Å². The van der Waals surface area contributed by atoms with Gasteiger partial charge < -0.3 is 25.2 Å². The molecule has 56 heavy (non-hydrogen) atoms. The van der Waals surface area contributed by atoms with Crippen LogP contribution in [-0.4, -0.2) is 59.7 Å². The molecular weight excluding hydrogens is 728 g/mol. The summed E-state index contributed by atoms with van der Waals surface area (Å²) in [5, 5.41) is 3.65. The number of carbonyl (C=O) groups excluding carboxylic acids is 4. The minimum atomic E-state index is -0.836. The van der Waals surface area contributed by atoms with Crippen LogP contribution in [0.4, 0.5) is 0 Å². The third kappa shape index (κ3) is 6.94. The summed E-state index contributed by atoms with van der Waals surface area (Å²) in [5.41, 5.74) is -0.114. The summed E-state index contributed by atoms with van der Waals surface area (Å²) in [6.07, 6.45) is 15.4. The Kier molecular flexibility index (Phi) is 13.0. The van der Waals surface area contributed by atoms with Crippen LogP contribution in [0.2, 0.25) is 0 Å². The number of carbonyl (C=O) groups is 3. The maximum Gasteiger partial charge on any atom is 1.00 e. The van der Waals surface area contributed by atoms with Crippen LogP contribution in [0.1, 0.15) is 159 Å². The van der Waals surface area contributed by atoms with Crippen LogP contribution in [0.15, 0.2) is 12.2 Å². The molecule has 310 valence electrons. The average molecular weight is 802 g/mol. The van der Waals surface area contributed by atoms with Crippen molar-refractivity contribution in [2.24, 2.45) is 73.4 Å². The molecule has 0 spiro atoms. The van der Waals surface area contributed by atoms with Crippen LogP contribution in [-0.2, 0) is 23.9 Å². The van der Waals surface area contributed by atoms with E-state index in [-0.39, 0.29) is 126 Å². The van der Waals surface area contributed by atoms with Gasteiger partial charge in [0.1, 0.15) is 6.10 Å². The van der Waals surface area contributed by atoms with Crippen molar-refractivity contribution in [2.45, 2.75) is 171 Å². The zero-order valence-corrected chi connectivity index (χ0v) is 40.2. The second-order valence-corrected chi connectivity index (χ2v) is 22.5. The second kappa shape index (κ2) is 15.7. The molecule has 1 heterocycles. The molecular formula is C47H74KN2O6-. The van der Waals surface area contributed by atoms with E-state index in [1.165, 1.54) is 18.4 Å². The minimum Gasteiger partial charge on any atom is -0.870 e. The number of hydrogen-bond donors (Lipinski definition) is 1. The summed E-state index contributed by atoms with van der Waals surface area (Å²) in [6.45, 7) is 28.9. The number of ether oxygens (including phenoxy) is 1. The average Bonchev–Trinajstić information content (AvgIpc) is 3.78. The van der Waals surface area contributed by atoms with Gasteiger partial charge in [0.15, 0.2) is 0 Å². The van der Waals surface area contributed by atoms with Crippen molar-refractivity contribution in [2.75, 3.05) is 13.1 Å². The standard InChI is InChI=1S/C47H73N2O5.K.H2O/c1-29(2)30-16-21-47(40(53)48-35-26-33(42(35,5)6)39(52)49-24-12-13-25-49)23-22-45(10)32-14-15-34-43(7,8)36(54-37(51)27-41(3,4)28-50)18-19-44(34,9)31(32)17-20-46(45,11)38(30)47;;/h30-36,38H,1,12-27H2,2-11H3,(H,48,53);;1H2/q-1;+1;/p-1/t30-,31-,32?,33+,34-,35?,36-,38?,44+,45-,46+,47-;;/m0../s1. The first-order chi connectivity index (χ1) is 25.1. The summed E-state index contributed by atoms with van der Waals surface area (Å²) < 4.78 is 6.22. The number of rotatable bonds is 8. The second-order valence-electron chi connectivity index (χ2n) is 22.5. The largest absolute Gasteiger partial charge is 1.00 e. The van der Waals surface area contributed by atoms with Gasteiger partial charge in [-0.25, -0.2) is 0 Å². The van der Waals surface area contributed by atoms with Crippen molar-refractivity contribution in [3.63, 3.8) is 0 Å². The number of esters is 1. The van der Waals surface area contributed by atoms with Gasteiger partial charge in [-0.3, -0.25) is 20.7 Å². The Morgan fingerprint density at radius 3 is 2.11 bits per heavy atom. The Balaban J connectivity index is 0.00000300. The number of nitrogens with one attached hydrogen (secondary N) is 1. The number of hydrogen-bond acceptors (Lipinski definition) is 6. The summed E-state index contributed by atoms with van der Waals surface area (Å²) in [7, 11) is 0. The van der Waals surface area contributed by atoms with E-state index in [1.54, 1.807) is 13.8 Å². The van der Waals surface area contributed by atoms with Crippen molar-refractivity contribution in [1.82, 2.24) is 10.2 Å². The van der Waals surface area contributed by atoms with Gasteiger partial charge in [0.25, 0.3) is 0 Å². The monoisotopic (exact) mass is 802 g/mol. The summed E-state index contributed by atoms with van der Waals surface area (Å²) in [5.74, 6) is 2.49. The molecule has 7 aliphatic rings. The summed E-state index contributed by atoms with van der Waals surface area (Å²) in [4.78, 5) is 55.0. The number of amides is 2. The van der Waals surface area contributed by atoms with Crippen LogP contribution >= 0.6 is 0 Å². The molecule has 1 aliphatic heterocycles. The molecule has 0 bridgehead atoms. The first-order valence-corrected chi connectivity index (χ1v) is 21.9. The third-order valence-electron chi connectivity index (χ3n) is 18.9. The van der Waals surface area contributed by atoms with Crippen molar-refractivity contribution >= 4 is 24.1 Å². The van der Waals surface area contributed by atoms with E-state index < -0.39 is 10.8 Å². The first kappa shape index (κ1) is 46.5. The van der Waals surface area contributed by atoms with Crippen LogP contribution in [0.25, 0.3) is 0 Å². The van der Waals surface area contributed by atoms with Crippen molar-refractivity contribution in [3.8, 4) is 0 Å². The van der Waals surface area contributed by atoms with Gasteiger partial charge in [-0.2, -0.15) is 0 Å². The third-order valence-corrected chi connectivity index (χ3v) is 18.9. The van der Waals surface area contributed by atoms with Gasteiger partial charge in [0, 0.05) is 36.9 Å². The molecule has 1 saturated heterocycles. The van der Waals surface area contributed by atoms with Crippen LogP contribution in [0.3, 0.4) is 0 Å². The molecule has 0 aromatic rings. The number of fused-ring (bicyclic) bond motifs is 7. The van der Waals surface area contributed by atoms with E-state index in [0.717, 1.165) is 83.7 Å². The molecule has 12 atom stereocenters. The Bertz CT molecular complexity index is 1570.